The van der Waals surface area contributed by atoms with Crippen LogP contribution in [0.15, 0.2) is 36.9 Å². The first-order valence-electron chi connectivity index (χ1n) is 6.52. The molecule has 1 amide bonds. The van der Waals surface area contributed by atoms with Crippen LogP contribution in [0.25, 0.3) is 0 Å². The Morgan fingerprint density at radius 1 is 1.43 bits per heavy atom. The van der Waals surface area contributed by atoms with Gasteiger partial charge in [-0.15, -0.1) is 6.58 Å². The Morgan fingerprint density at radius 2 is 2.13 bits per heavy atom. The number of nitro benzene ring substituents is 1. The third-order valence-corrected chi connectivity index (χ3v) is 2.57. The maximum absolute atomic E-state index is 11.7. The first-order chi connectivity index (χ1) is 11.0. The van der Waals surface area contributed by atoms with E-state index in [-0.39, 0.29) is 24.7 Å². The zero-order chi connectivity index (χ0) is 17.2. The molecular formula is C14H16N2O7. The van der Waals surface area contributed by atoms with Gasteiger partial charge in [0, 0.05) is 6.07 Å². The summed E-state index contributed by atoms with van der Waals surface area (Å²) in [4.78, 5) is 32.9. The molecule has 2 N–H and O–H groups in total. The number of nitro groups is 1. The van der Waals surface area contributed by atoms with E-state index in [1.165, 1.54) is 30.3 Å². The van der Waals surface area contributed by atoms with E-state index in [1.807, 2.05) is 0 Å². The second-order valence-electron chi connectivity index (χ2n) is 4.30. The van der Waals surface area contributed by atoms with Crippen molar-refractivity contribution in [2.75, 3.05) is 19.8 Å². The fourth-order valence-electron chi connectivity index (χ4n) is 1.55. The highest BCUT2D eigenvalue weighted by Gasteiger charge is 2.21. The fraction of sp³-hybridized carbons (Fsp3) is 0.286. The van der Waals surface area contributed by atoms with Gasteiger partial charge >= 0.3 is 11.7 Å². The molecule has 1 aromatic carbocycles. The lowest BCUT2D eigenvalue weighted by Gasteiger charge is -2.14. The van der Waals surface area contributed by atoms with Gasteiger partial charge in [0.1, 0.15) is 0 Å². The van der Waals surface area contributed by atoms with Crippen LogP contribution in [-0.2, 0) is 14.3 Å². The second kappa shape index (κ2) is 9.15. The maximum atomic E-state index is 11.7. The number of nitrogens with one attached hydrogen (secondary N) is 1. The summed E-state index contributed by atoms with van der Waals surface area (Å²) in [7, 11) is 0. The highest BCUT2D eigenvalue weighted by molar-refractivity contribution is 5.84. The van der Waals surface area contributed by atoms with E-state index in [1.54, 1.807) is 0 Å². The molecule has 0 heterocycles. The normalized spacial score (nSPS) is 11.3. The van der Waals surface area contributed by atoms with Crippen LogP contribution in [0.1, 0.15) is 0 Å². The number of amides is 1. The van der Waals surface area contributed by atoms with Crippen LogP contribution >= 0.6 is 0 Å². The Balaban J connectivity index is 2.57. The summed E-state index contributed by atoms with van der Waals surface area (Å²) >= 11 is 0. The molecule has 9 heteroatoms. The Labute approximate surface area is 131 Å². The minimum Gasteiger partial charge on any atom is -0.480 e. The Kier molecular flexibility index (Phi) is 7.21. The summed E-state index contributed by atoms with van der Waals surface area (Å²) < 4.78 is 10.0. The topological polar surface area (TPSA) is 128 Å². The molecule has 0 aliphatic heterocycles. The molecular weight excluding hydrogens is 308 g/mol. The van der Waals surface area contributed by atoms with Gasteiger partial charge in [0.05, 0.1) is 18.1 Å². The standard InChI is InChI=1S/C14H16N2O7/c1-2-7-22-8-10(14(18)19)15-13(17)9-23-12-6-4-3-5-11(12)16(20)21/h2-6,10H,1,7-9H2,(H,15,17)(H,18,19). The van der Waals surface area contributed by atoms with E-state index in [4.69, 9.17) is 14.6 Å². The summed E-state index contributed by atoms with van der Waals surface area (Å²) in [5.74, 6) is -2.09. The molecule has 1 rings (SSSR count). The van der Waals surface area contributed by atoms with Crippen LogP contribution < -0.4 is 10.1 Å². The average Bonchev–Trinajstić information content (AvgIpc) is 2.52. The molecule has 1 aromatic rings. The molecule has 0 aliphatic rings. The molecule has 0 radical (unpaired) electrons. The van der Waals surface area contributed by atoms with E-state index in [2.05, 4.69) is 11.9 Å². The lowest BCUT2D eigenvalue weighted by atomic mass is 10.3. The summed E-state index contributed by atoms with van der Waals surface area (Å²) in [5.41, 5.74) is -0.288. The van der Waals surface area contributed by atoms with Crippen molar-refractivity contribution in [3.8, 4) is 5.75 Å². The number of carboxylic acids is 1. The van der Waals surface area contributed by atoms with Crippen molar-refractivity contribution in [3.63, 3.8) is 0 Å². The van der Waals surface area contributed by atoms with E-state index in [9.17, 15) is 19.7 Å². The molecule has 23 heavy (non-hydrogen) atoms. The summed E-state index contributed by atoms with van der Waals surface area (Å²) in [6.45, 7) is 2.76. The number of hydrogen-bond acceptors (Lipinski definition) is 6. The number of ether oxygens (including phenoxy) is 2. The summed E-state index contributed by atoms with van der Waals surface area (Å²) in [5, 5.41) is 22.0. The van der Waals surface area contributed by atoms with Crippen LogP contribution in [-0.4, -0.2) is 47.8 Å². The van der Waals surface area contributed by atoms with Crippen molar-refractivity contribution < 1.29 is 29.1 Å². The maximum Gasteiger partial charge on any atom is 0.328 e. The molecule has 9 nitrogen and oxygen atoms in total. The number of nitrogens with zero attached hydrogens (tertiary/aromatic N) is 1. The van der Waals surface area contributed by atoms with Gasteiger partial charge in [-0.2, -0.15) is 0 Å². The van der Waals surface area contributed by atoms with Crippen molar-refractivity contribution in [1.82, 2.24) is 5.32 Å². The first-order valence-corrected chi connectivity index (χ1v) is 6.52. The van der Waals surface area contributed by atoms with Crippen LogP contribution in [0.3, 0.4) is 0 Å². The van der Waals surface area contributed by atoms with Gasteiger partial charge in [0.15, 0.2) is 18.4 Å². The van der Waals surface area contributed by atoms with Gasteiger partial charge in [-0.3, -0.25) is 14.9 Å². The van der Waals surface area contributed by atoms with Gasteiger partial charge in [0.2, 0.25) is 0 Å². The number of benzene rings is 1. The zero-order valence-electron chi connectivity index (χ0n) is 12.1. The largest absolute Gasteiger partial charge is 0.480 e. The molecule has 1 atom stereocenters. The number of para-hydroxylation sites is 2. The smallest absolute Gasteiger partial charge is 0.328 e. The van der Waals surface area contributed by atoms with Crippen molar-refractivity contribution in [2.45, 2.75) is 6.04 Å². The lowest BCUT2D eigenvalue weighted by molar-refractivity contribution is -0.385. The van der Waals surface area contributed by atoms with E-state index in [0.29, 0.717) is 0 Å². The average molecular weight is 324 g/mol. The Bertz CT molecular complexity index is 588. The Hall–Kier alpha value is -2.94. The van der Waals surface area contributed by atoms with Crippen LogP contribution in [0.5, 0.6) is 5.75 Å². The predicted molar refractivity (Wildman–Crippen MR) is 79.2 cm³/mol. The molecule has 1 unspecified atom stereocenters. The van der Waals surface area contributed by atoms with Crippen LogP contribution in [0.4, 0.5) is 5.69 Å². The van der Waals surface area contributed by atoms with Gasteiger partial charge < -0.3 is 19.9 Å². The molecule has 0 fully saturated rings. The summed E-state index contributed by atoms with van der Waals surface area (Å²) in [6.07, 6.45) is 1.44. The number of hydrogen-bond donors (Lipinski definition) is 2. The fourth-order valence-corrected chi connectivity index (χ4v) is 1.55. The molecule has 0 spiro atoms. The third kappa shape index (κ3) is 6.14. The molecule has 0 aromatic heterocycles. The molecule has 124 valence electrons. The number of carbonyl (C=O) groups is 2. The first kappa shape index (κ1) is 18.1. The van der Waals surface area contributed by atoms with Gasteiger partial charge in [0.25, 0.3) is 5.91 Å². The number of aliphatic carboxylic acids is 1. The van der Waals surface area contributed by atoms with E-state index in [0.717, 1.165) is 0 Å². The number of carboxylic acid groups (broad SMARTS) is 1. The number of carbonyl (C=O) groups excluding carboxylic acids is 1. The molecule has 0 aliphatic carbocycles. The minimum atomic E-state index is -1.27. The van der Waals surface area contributed by atoms with Crippen LogP contribution in [0.2, 0.25) is 0 Å². The lowest BCUT2D eigenvalue weighted by Crippen LogP contribution is -2.45. The Morgan fingerprint density at radius 3 is 2.74 bits per heavy atom. The van der Waals surface area contributed by atoms with Crippen molar-refractivity contribution in [1.29, 1.82) is 0 Å². The van der Waals surface area contributed by atoms with Crippen molar-refractivity contribution in [3.05, 3.63) is 47.0 Å². The zero-order valence-corrected chi connectivity index (χ0v) is 12.1. The third-order valence-electron chi connectivity index (χ3n) is 2.57. The monoisotopic (exact) mass is 324 g/mol. The number of rotatable bonds is 10. The van der Waals surface area contributed by atoms with Gasteiger partial charge in [-0.25, -0.2) is 4.79 Å². The molecule has 0 bridgehead atoms. The minimum absolute atomic E-state index is 0.0811. The molecule has 0 saturated heterocycles. The predicted octanol–water partition coefficient (Wildman–Crippen LogP) is 0.746. The summed E-state index contributed by atoms with van der Waals surface area (Å²) in [6, 6.07) is 4.30. The highest BCUT2D eigenvalue weighted by Crippen LogP contribution is 2.25. The van der Waals surface area contributed by atoms with Gasteiger partial charge in [-0.05, 0) is 6.07 Å². The second-order valence-corrected chi connectivity index (χ2v) is 4.30. The SMILES string of the molecule is C=CCOCC(NC(=O)COc1ccccc1[N+](=O)[O-])C(=O)O. The van der Waals surface area contributed by atoms with Gasteiger partial charge in [-0.1, -0.05) is 18.2 Å². The highest BCUT2D eigenvalue weighted by atomic mass is 16.6. The molecule has 0 saturated carbocycles. The van der Waals surface area contributed by atoms with Crippen LogP contribution in [0, 0.1) is 10.1 Å². The quantitative estimate of drug-likeness (QED) is 0.281. The van der Waals surface area contributed by atoms with E-state index >= 15 is 0 Å². The van der Waals surface area contributed by atoms with Crippen molar-refractivity contribution >= 4 is 17.6 Å². The van der Waals surface area contributed by atoms with Crippen molar-refractivity contribution in [2.24, 2.45) is 0 Å². The van der Waals surface area contributed by atoms with E-state index < -0.39 is 29.4 Å².